The maximum Gasteiger partial charge on any atom is 0.287 e. The highest BCUT2D eigenvalue weighted by molar-refractivity contribution is 5.99. The van der Waals surface area contributed by atoms with Crippen LogP contribution < -0.4 is 15.6 Å². The van der Waals surface area contributed by atoms with Gasteiger partial charge in [-0.2, -0.15) is 0 Å². The fourth-order valence-corrected chi connectivity index (χ4v) is 4.24. The Morgan fingerprint density at radius 1 is 1.20 bits per heavy atom. The molecule has 4 rings (SSSR count). The van der Waals surface area contributed by atoms with Gasteiger partial charge in [-0.05, 0) is 37.5 Å². The molecule has 160 valence electrons. The van der Waals surface area contributed by atoms with E-state index in [-0.39, 0.29) is 29.8 Å². The monoisotopic (exact) mass is 416 g/mol. The van der Waals surface area contributed by atoms with Crippen LogP contribution in [0.1, 0.15) is 49.1 Å². The first-order chi connectivity index (χ1) is 14.5. The second kappa shape index (κ2) is 8.33. The number of hydrogen-bond acceptors (Lipinski definition) is 5. The van der Waals surface area contributed by atoms with Crippen LogP contribution in [0.25, 0.3) is 0 Å². The van der Waals surface area contributed by atoms with E-state index in [9.17, 15) is 18.8 Å². The Balaban J connectivity index is 1.42. The van der Waals surface area contributed by atoms with Crippen molar-refractivity contribution in [1.82, 2.24) is 15.3 Å². The van der Waals surface area contributed by atoms with Gasteiger partial charge in [-0.3, -0.25) is 19.1 Å². The van der Waals surface area contributed by atoms with Crippen LogP contribution in [0.3, 0.4) is 0 Å². The first kappa shape index (κ1) is 20.2. The highest BCUT2D eigenvalue weighted by Crippen LogP contribution is 2.29. The second-order valence-electron chi connectivity index (χ2n) is 7.95. The molecule has 2 aromatic rings. The van der Waals surface area contributed by atoms with Crippen LogP contribution in [-0.2, 0) is 9.59 Å². The first-order valence-electron chi connectivity index (χ1n) is 10.3. The third-order valence-electron chi connectivity index (χ3n) is 5.92. The van der Waals surface area contributed by atoms with Crippen molar-refractivity contribution in [1.29, 1.82) is 0 Å². The van der Waals surface area contributed by atoms with Crippen molar-refractivity contribution < 1.29 is 23.2 Å². The summed E-state index contributed by atoms with van der Waals surface area (Å²) in [4.78, 5) is 38.4. The molecule has 0 bridgehead atoms. The Morgan fingerprint density at radius 3 is 2.63 bits per heavy atom. The number of hydrogen-bond donors (Lipinski definition) is 2. The zero-order valence-electron chi connectivity index (χ0n) is 16.6. The van der Waals surface area contributed by atoms with Gasteiger partial charge >= 0.3 is 0 Å². The predicted octanol–water partition coefficient (Wildman–Crippen LogP) is 1.75. The van der Waals surface area contributed by atoms with E-state index >= 15 is 0 Å². The van der Waals surface area contributed by atoms with Crippen LogP contribution in [0.4, 0.5) is 4.39 Å². The summed E-state index contributed by atoms with van der Waals surface area (Å²) in [5, 5.41) is 7.45. The number of rotatable bonds is 5. The van der Waals surface area contributed by atoms with Crippen molar-refractivity contribution in [3.05, 3.63) is 48.4 Å². The molecule has 0 aromatic carbocycles. The number of nitrogens with one attached hydrogen (secondary N) is 2. The topological polar surface area (TPSA) is 96.6 Å². The van der Waals surface area contributed by atoms with Gasteiger partial charge in [0.1, 0.15) is 11.4 Å². The molecule has 1 atom stereocenters. The zero-order valence-corrected chi connectivity index (χ0v) is 16.6. The molecule has 1 aliphatic carbocycles. The fraction of sp³-hybridized carbons (Fsp3) is 0.476. The molecule has 9 heteroatoms. The van der Waals surface area contributed by atoms with Crippen molar-refractivity contribution in [2.24, 2.45) is 0 Å². The van der Waals surface area contributed by atoms with E-state index in [1.165, 1.54) is 18.5 Å². The van der Waals surface area contributed by atoms with Gasteiger partial charge in [-0.25, -0.2) is 4.39 Å². The molecular weight excluding hydrogens is 391 g/mol. The second-order valence-corrected chi connectivity index (χ2v) is 7.95. The maximum atomic E-state index is 13.3. The lowest BCUT2D eigenvalue weighted by molar-refractivity contribution is -0.133. The molecule has 8 nitrogen and oxygen atoms in total. The predicted molar refractivity (Wildman–Crippen MR) is 106 cm³/mol. The highest BCUT2D eigenvalue weighted by atomic mass is 19.1. The third kappa shape index (κ3) is 4.10. The largest absolute Gasteiger partial charge is 0.459 e. The van der Waals surface area contributed by atoms with Crippen LogP contribution in [0, 0.1) is 5.82 Å². The standard InChI is InChI=1S/C21H25FN4O4/c22-15-6-10-25(13-15)26-11-7-16(17(27)14-26)23-20(29)21(8-2-1-3-9-21)24-19(28)18-5-4-12-30-18/h4-6,10,12-13,16H,1-3,7-9,11,14H2,(H,23,29)(H,24,28). The lowest BCUT2D eigenvalue weighted by Gasteiger charge is -2.39. The van der Waals surface area contributed by atoms with Crippen LogP contribution in [0.2, 0.25) is 0 Å². The number of carbonyl (C=O) groups is 3. The van der Waals surface area contributed by atoms with Gasteiger partial charge < -0.3 is 20.1 Å². The minimum absolute atomic E-state index is 0.0742. The van der Waals surface area contributed by atoms with Crippen LogP contribution >= 0.6 is 0 Å². The summed E-state index contributed by atoms with van der Waals surface area (Å²) >= 11 is 0. The van der Waals surface area contributed by atoms with E-state index in [4.69, 9.17) is 4.42 Å². The fourth-order valence-electron chi connectivity index (χ4n) is 4.24. The smallest absolute Gasteiger partial charge is 0.287 e. The summed E-state index contributed by atoms with van der Waals surface area (Å²) in [6.45, 7) is 0.571. The van der Waals surface area contributed by atoms with Gasteiger partial charge in [-0.1, -0.05) is 19.3 Å². The third-order valence-corrected chi connectivity index (χ3v) is 5.92. The molecule has 30 heavy (non-hydrogen) atoms. The Bertz CT molecular complexity index is 917. The van der Waals surface area contributed by atoms with Gasteiger partial charge in [0.05, 0.1) is 25.0 Å². The summed E-state index contributed by atoms with van der Waals surface area (Å²) in [7, 11) is 0. The molecular formula is C21H25FN4O4. The molecule has 2 amide bonds. The molecule has 2 aliphatic rings. The Kier molecular flexibility index (Phi) is 5.61. The Labute approximate surface area is 173 Å². The average molecular weight is 416 g/mol. The molecule has 2 fully saturated rings. The van der Waals surface area contributed by atoms with E-state index < -0.39 is 17.5 Å². The van der Waals surface area contributed by atoms with Crippen molar-refractivity contribution >= 4 is 17.6 Å². The van der Waals surface area contributed by atoms with Crippen molar-refractivity contribution in [3.63, 3.8) is 0 Å². The van der Waals surface area contributed by atoms with Crippen LogP contribution in [-0.4, -0.2) is 46.9 Å². The van der Waals surface area contributed by atoms with Gasteiger partial charge in [-0.15, -0.1) is 0 Å². The molecule has 1 saturated carbocycles. The number of furan rings is 1. The molecule has 1 aliphatic heterocycles. The van der Waals surface area contributed by atoms with E-state index in [0.717, 1.165) is 19.3 Å². The summed E-state index contributed by atoms with van der Waals surface area (Å²) in [6, 6.07) is 3.86. The minimum atomic E-state index is -1.05. The van der Waals surface area contributed by atoms with Crippen molar-refractivity contribution in [2.75, 3.05) is 18.1 Å². The number of halogens is 1. The highest BCUT2D eigenvalue weighted by Gasteiger charge is 2.43. The van der Waals surface area contributed by atoms with E-state index in [1.54, 1.807) is 28.0 Å². The van der Waals surface area contributed by atoms with Gasteiger partial charge in [0.2, 0.25) is 5.91 Å². The van der Waals surface area contributed by atoms with E-state index in [0.29, 0.717) is 25.8 Å². The Morgan fingerprint density at radius 2 is 2.00 bits per heavy atom. The zero-order chi connectivity index (χ0) is 21.1. The van der Waals surface area contributed by atoms with E-state index in [2.05, 4.69) is 10.6 Å². The number of piperidine rings is 1. The average Bonchev–Trinajstić information content (AvgIpc) is 3.42. The maximum absolute atomic E-state index is 13.3. The summed E-state index contributed by atoms with van der Waals surface area (Å²) in [5.74, 6) is -1.14. The van der Waals surface area contributed by atoms with Gasteiger partial charge in [0.25, 0.3) is 5.91 Å². The molecule has 3 heterocycles. The number of Topliss-reactive ketones (excluding diaryl/α,β-unsaturated/α-hetero) is 1. The molecule has 1 saturated heterocycles. The van der Waals surface area contributed by atoms with Crippen molar-refractivity contribution in [3.8, 4) is 0 Å². The van der Waals surface area contributed by atoms with Crippen LogP contribution in [0.5, 0.6) is 0 Å². The summed E-state index contributed by atoms with van der Waals surface area (Å²) < 4.78 is 20.0. The van der Waals surface area contributed by atoms with Crippen LogP contribution in [0.15, 0.2) is 41.3 Å². The Hall–Kier alpha value is -3.10. The summed E-state index contributed by atoms with van der Waals surface area (Å²) in [6.07, 6.45) is 8.35. The number of carbonyl (C=O) groups excluding carboxylic acids is 3. The first-order valence-corrected chi connectivity index (χ1v) is 10.3. The lowest BCUT2D eigenvalue weighted by Crippen LogP contribution is -2.63. The number of amides is 2. The number of aromatic nitrogens is 1. The van der Waals surface area contributed by atoms with Crippen molar-refractivity contribution in [2.45, 2.75) is 50.1 Å². The quantitative estimate of drug-likeness (QED) is 0.774. The number of nitrogens with zero attached hydrogens (tertiary/aromatic N) is 2. The summed E-state index contributed by atoms with van der Waals surface area (Å²) in [5.41, 5.74) is -1.05. The molecule has 2 N–H and O–H groups in total. The molecule has 0 radical (unpaired) electrons. The van der Waals surface area contributed by atoms with E-state index in [1.807, 2.05) is 0 Å². The minimum Gasteiger partial charge on any atom is -0.459 e. The number of ketones is 1. The molecule has 1 unspecified atom stereocenters. The molecule has 0 spiro atoms. The lowest BCUT2D eigenvalue weighted by atomic mass is 9.80. The van der Waals surface area contributed by atoms with Gasteiger partial charge in [0.15, 0.2) is 11.5 Å². The molecule has 2 aromatic heterocycles. The van der Waals surface area contributed by atoms with Gasteiger partial charge in [0, 0.05) is 12.7 Å². The normalized spacial score (nSPS) is 21.3. The SMILES string of the molecule is O=C(NC1(C(=O)NC2CCN(n3ccc(F)c3)CC2=O)CCCCC1)c1ccco1.